The van der Waals surface area contributed by atoms with Gasteiger partial charge in [0.1, 0.15) is 5.60 Å². The molecular formula is C18H29N3O4. The number of carbonyl (C=O) groups excluding carboxylic acids is 1. The maximum atomic E-state index is 11.5. The summed E-state index contributed by atoms with van der Waals surface area (Å²) in [7, 11) is 0. The fraction of sp³-hybridized carbons (Fsp3) is 0.667. The number of pyridine rings is 1. The van der Waals surface area contributed by atoms with Gasteiger partial charge >= 0.3 is 6.09 Å². The second-order valence-electron chi connectivity index (χ2n) is 6.97. The molecule has 0 bridgehead atoms. The molecule has 0 aliphatic carbocycles. The van der Waals surface area contributed by atoms with Crippen LogP contribution in [0.5, 0.6) is 0 Å². The van der Waals surface area contributed by atoms with Crippen LogP contribution in [0, 0.1) is 0 Å². The summed E-state index contributed by atoms with van der Waals surface area (Å²) < 4.78 is 16.9. The number of carbonyl (C=O) groups is 1. The average Bonchev–Trinajstić information content (AvgIpc) is 3.03. The molecule has 7 heteroatoms. The smallest absolute Gasteiger partial charge is 0.407 e. The standard InChI is InChI=1S/C18H29N3O4/c1-17(2,3)25-16(22)21-11-10-19-9-5-7-18(23-12-13-24-18)15-6-4-8-20-14-15/h4,6,8,14,19H,5,7,9-13H2,1-3H3,(H,21,22). The predicted octanol–water partition coefficient (Wildman–Crippen LogP) is 2.18. The fourth-order valence-corrected chi connectivity index (χ4v) is 2.64. The average molecular weight is 351 g/mol. The third kappa shape index (κ3) is 6.61. The van der Waals surface area contributed by atoms with Crippen LogP contribution in [0.15, 0.2) is 24.5 Å². The van der Waals surface area contributed by atoms with E-state index in [0.717, 1.165) is 24.9 Å². The molecule has 0 radical (unpaired) electrons. The van der Waals surface area contributed by atoms with Gasteiger partial charge in [-0.3, -0.25) is 4.98 Å². The van der Waals surface area contributed by atoms with Crippen molar-refractivity contribution in [2.24, 2.45) is 0 Å². The molecule has 1 aromatic rings. The van der Waals surface area contributed by atoms with Gasteiger partial charge in [-0.2, -0.15) is 0 Å². The number of hydrogen-bond acceptors (Lipinski definition) is 6. The second kappa shape index (κ2) is 9.12. The van der Waals surface area contributed by atoms with Crippen molar-refractivity contribution in [3.8, 4) is 0 Å². The third-order valence-corrected chi connectivity index (χ3v) is 3.68. The van der Waals surface area contributed by atoms with E-state index in [2.05, 4.69) is 15.6 Å². The van der Waals surface area contributed by atoms with E-state index < -0.39 is 17.5 Å². The minimum atomic E-state index is -0.676. The highest BCUT2D eigenvalue weighted by Gasteiger charge is 2.38. The Kier molecular flexibility index (Phi) is 7.16. The Hall–Kier alpha value is -1.70. The normalized spacial score (nSPS) is 16.6. The first-order valence-electron chi connectivity index (χ1n) is 8.77. The number of rotatable bonds is 8. The van der Waals surface area contributed by atoms with E-state index in [0.29, 0.717) is 26.3 Å². The van der Waals surface area contributed by atoms with Crippen molar-refractivity contribution in [1.29, 1.82) is 0 Å². The minimum Gasteiger partial charge on any atom is -0.444 e. The Balaban J connectivity index is 1.63. The maximum absolute atomic E-state index is 11.5. The van der Waals surface area contributed by atoms with Gasteiger partial charge in [0, 0.05) is 37.5 Å². The molecule has 0 atom stereocenters. The van der Waals surface area contributed by atoms with Crippen molar-refractivity contribution in [2.45, 2.75) is 45.0 Å². The molecule has 0 aromatic carbocycles. The van der Waals surface area contributed by atoms with Gasteiger partial charge < -0.3 is 24.8 Å². The number of alkyl carbamates (subject to hydrolysis) is 1. The van der Waals surface area contributed by atoms with Crippen LogP contribution in [0.1, 0.15) is 39.2 Å². The molecule has 1 fully saturated rings. The molecule has 7 nitrogen and oxygen atoms in total. The molecule has 1 amide bonds. The summed E-state index contributed by atoms with van der Waals surface area (Å²) in [5.41, 5.74) is 0.485. The van der Waals surface area contributed by atoms with Crippen molar-refractivity contribution in [1.82, 2.24) is 15.6 Å². The molecule has 0 unspecified atom stereocenters. The van der Waals surface area contributed by atoms with Crippen LogP contribution in [0.25, 0.3) is 0 Å². The number of amides is 1. The third-order valence-electron chi connectivity index (χ3n) is 3.68. The van der Waals surface area contributed by atoms with Crippen LogP contribution in [0.4, 0.5) is 4.79 Å². The lowest BCUT2D eigenvalue weighted by Gasteiger charge is -2.27. The predicted molar refractivity (Wildman–Crippen MR) is 94.2 cm³/mol. The topological polar surface area (TPSA) is 81.7 Å². The minimum absolute atomic E-state index is 0.391. The Morgan fingerprint density at radius 1 is 1.28 bits per heavy atom. The summed E-state index contributed by atoms with van der Waals surface area (Å²) in [6, 6.07) is 3.87. The number of ether oxygens (including phenoxy) is 3. The molecule has 1 aromatic heterocycles. The molecule has 2 heterocycles. The van der Waals surface area contributed by atoms with Crippen LogP contribution in [0.3, 0.4) is 0 Å². The summed E-state index contributed by atoms with van der Waals surface area (Å²) in [4.78, 5) is 15.7. The summed E-state index contributed by atoms with van der Waals surface area (Å²) in [5.74, 6) is -0.676. The molecule has 140 valence electrons. The van der Waals surface area contributed by atoms with E-state index in [1.807, 2.05) is 32.9 Å². The van der Waals surface area contributed by atoms with Gasteiger partial charge in [0.15, 0.2) is 5.79 Å². The summed E-state index contributed by atoms with van der Waals surface area (Å²) in [5, 5.41) is 6.02. The van der Waals surface area contributed by atoms with E-state index in [1.54, 1.807) is 12.4 Å². The lowest BCUT2D eigenvalue weighted by atomic mass is 10.0. The number of nitrogens with zero attached hydrogens (tertiary/aromatic N) is 1. The van der Waals surface area contributed by atoms with Crippen molar-refractivity contribution in [3.63, 3.8) is 0 Å². The van der Waals surface area contributed by atoms with Gasteiger partial charge in [-0.1, -0.05) is 6.07 Å². The summed E-state index contributed by atoms with van der Waals surface area (Å²) in [6.07, 6.45) is 4.79. The molecule has 25 heavy (non-hydrogen) atoms. The van der Waals surface area contributed by atoms with E-state index in [-0.39, 0.29) is 0 Å². The first kappa shape index (κ1) is 19.6. The van der Waals surface area contributed by atoms with Crippen LogP contribution in [-0.4, -0.2) is 49.5 Å². The summed E-state index contributed by atoms with van der Waals surface area (Å²) in [6.45, 7) is 8.74. The molecule has 0 spiro atoms. The van der Waals surface area contributed by atoms with Gasteiger partial charge in [0.25, 0.3) is 0 Å². The number of aromatic nitrogens is 1. The molecule has 1 aliphatic rings. The maximum Gasteiger partial charge on any atom is 0.407 e. The van der Waals surface area contributed by atoms with Gasteiger partial charge in [-0.15, -0.1) is 0 Å². The van der Waals surface area contributed by atoms with Crippen molar-refractivity contribution < 1.29 is 19.0 Å². The Morgan fingerprint density at radius 2 is 2.04 bits per heavy atom. The molecule has 1 aliphatic heterocycles. The van der Waals surface area contributed by atoms with Crippen LogP contribution in [-0.2, 0) is 20.0 Å². The first-order valence-corrected chi connectivity index (χ1v) is 8.77. The van der Waals surface area contributed by atoms with Gasteiger partial charge in [-0.25, -0.2) is 4.79 Å². The van der Waals surface area contributed by atoms with Crippen molar-refractivity contribution in [2.75, 3.05) is 32.8 Å². The lowest BCUT2D eigenvalue weighted by Crippen LogP contribution is -2.36. The van der Waals surface area contributed by atoms with Gasteiger partial charge in [-0.05, 0) is 39.8 Å². The zero-order valence-electron chi connectivity index (χ0n) is 15.3. The Bertz CT molecular complexity index is 525. The summed E-state index contributed by atoms with van der Waals surface area (Å²) >= 11 is 0. The van der Waals surface area contributed by atoms with E-state index in [4.69, 9.17) is 14.2 Å². The quantitative estimate of drug-likeness (QED) is 0.699. The lowest BCUT2D eigenvalue weighted by molar-refractivity contribution is -0.171. The van der Waals surface area contributed by atoms with Crippen molar-refractivity contribution >= 4 is 6.09 Å². The zero-order chi connectivity index (χ0) is 18.2. The fourth-order valence-electron chi connectivity index (χ4n) is 2.64. The SMILES string of the molecule is CC(C)(C)OC(=O)NCCNCCCC1(c2cccnc2)OCCO1. The highest BCUT2D eigenvalue weighted by atomic mass is 16.7. The Labute approximate surface area is 149 Å². The molecule has 1 saturated heterocycles. The van der Waals surface area contributed by atoms with Crippen LogP contribution in [0.2, 0.25) is 0 Å². The number of hydrogen-bond donors (Lipinski definition) is 2. The van der Waals surface area contributed by atoms with Gasteiger partial charge in [0.05, 0.1) is 13.2 Å². The van der Waals surface area contributed by atoms with Crippen LogP contribution < -0.4 is 10.6 Å². The van der Waals surface area contributed by atoms with Gasteiger partial charge in [0.2, 0.25) is 0 Å². The second-order valence-corrected chi connectivity index (χ2v) is 6.97. The van der Waals surface area contributed by atoms with E-state index >= 15 is 0 Å². The molecule has 2 rings (SSSR count). The monoisotopic (exact) mass is 351 g/mol. The highest BCUT2D eigenvalue weighted by molar-refractivity contribution is 5.67. The molecular weight excluding hydrogens is 322 g/mol. The zero-order valence-corrected chi connectivity index (χ0v) is 15.3. The highest BCUT2D eigenvalue weighted by Crippen LogP contribution is 2.35. The van der Waals surface area contributed by atoms with E-state index in [9.17, 15) is 4.79 Å². The first-order chi connectivity index (χ1) is 11.9. The Morgan fingerprint density at radius 3 is 2.68 bits per heavy atom. The largest absolute Gasteiger partial charge is 0.444 e. The van der Waals surface area contributed by atoms with Crippen molar-refractivity contribution in [3.05, 3.63) is 30.1 Å². The number of nitrogens with one attached hydrogen (secondary N) is 2. The van der Waals surface area contributed by atoms with E-state index in [1.165, 1.54) is 0 Å². The van der Waals surface area contributed by atoms with Crippen LogP contribution >= 0.6 is 0 Å². The molecule has 0 saturated carbocycles. The molecule has 2 N–H and O–H groups in total.